The number of nitrogens with zero attached hydrogens (tertiary/aromatic N) is 1. The quantitative estimate of drug-likeness (QED) is 0.363. The number of esters is 2. The van der Waals surface area contributed by atoms with Gasteiger partial charge in [-0.25, -0.2) is 9.59 Å². The van der Waals surface area contributed by atoms with Gasteiger partial charge in [0.15, 0.2) is 18.3 Å². The van der Waals surface area contributed by atoms with Crippen molar-refractivity contribution in [2.45, 2.75) is 74.6 Å². The van der Waals surface area contributed by atoms with Crippen LogP contribution in [0, 0.1) is 0 Å². The van der Waals surface area contributed by atoms with Crippen LogP contribution in [0.1, 0.15) is 42.9 Å². The van der Waals surface area contributed by atoms with Crippen LogP contribution in [0.5, 0.6) is 5.75 Å². The van der Waals surface area contributed by atoms with Crippen molar-refractivity contribution < 1.29 is 49.0 Å². The van der Waals surface area contributed by atoms with Gasteiger partial charge in [0.1, 0.15) is 11.5 Å². The van der Waals surface area contributed by atoms with E-state index in [-0.39, 0.29) is 24.8 Å². The Labute approximate surface area is 206 Å². The minimum Gasteiger partial charge on any atom is -0.481 e. The van der Waals surface area contributed by atoms with Crippen molar-refractivity contribution in [2.75, 3.05) is 13.6 Å². The van der Waals surface area contributed by atoms with E-state index in [2.05, 4.69) is 4.90 Å². The summed E-state index contributed by atoms with van der Waals surface area (Å²) in [6.07, 6.45) is -2.05. The molecular formula is C25H29NO10. The van der Waals surface area contributed by atoms with Crippen molar-refractivity contribution in [1.29, 1.82) is 0 Å². The fourth-order valence-electron chi connectivity index (χ4n) is 6.38. The molecule has 0 amide bonds. The molecule has 0 saturated carbocycles. The van der Waals surface area contributed by atoms with E-state index in [1.165, 1.54) is 6.92 Å². The van der Waals surface area contributed by atoms with Gasteiger partial charge in [0.2, 0.25) is 0 Å². The smallest absolute Gasteiger partial charge is 0.352 e. The lowest BCUT2D eigenvalue weighted by molar-refractivity contribution is -0.178. The molecule has 1 fully saturated rings. The first kappa shape index (κ1) is 24.7. The molecule has 2 aliphatic carbocycles. The summed E-state index contributed by atoms with van der Waals surface area (Å²) in [4.78, 5) is 37.6. The Morgan fingerprint density at radius 2 is 2.03 bits per heavy atom. The number of aliphatic carboxylic acids is 1. The normalized spacial score (nSPS) is 31.4. The van der Waals surface area contributed by atoms with Gasteiger partial charge in [-0.2, -0.15) is 0 Å². The molecule has 1 aromatic carbocycles. The zero-order valence-electron chi connectivity index (χ0n) is 20.0. The number of likely N-dealkylation sites (N-methyl/N-ethyl adjacent to an activating group) is 1. The Balaban J connectivity index is 1.45. The number of hydrogen-bond donors (Lipinski definition) is 4. The molecule has 2 heterocycles. The fourth-order valence-corrected chi connectivity index (χ4v) is 6.38. The standard InChI is InChI=1S/C25H29NO10/c1-12(34-23(32)15(28)10-18(29)30)22(31)35-16-5-6-25(33)17-9-13-3-4-14(11-27)20-19(13)24(25,21(16)36-20)7-8-26(17)2/h3-5,12,15,17,21,27-28,33H,6-11H2,1-2H3,(H,29,30)/t12-,15-,17+,21-,24-,25+/m0/s1. The van der Waals surface area contributed by atoms with Crippen molar-refractivity contribution in [3.63, 3.8) is 0 Å². The van der Waals surface area contributed by atoms with E-state index in [1.807, 2.05) is 19.2 Å². The van der Waals surface area contributed by atoms with E-state index in [9.17, 15) is 29.7 Å². The lowest BCUT2D eigenvalue weighted by Gasteiger charge is -2.61. The summed E-state index contributed by atoms with van der Waals surface area (Å²) in [5.74, 6) is -2.89. The molecule has 1 saturated heterocycles. The largest absolute Gasteiger partial charge is 0.481 e. The molecule has 11 heteroatoms. The van der Waals surface area contributed by atoms with Gasteiger partial charge in [-0.1, -0.05) is 12.1 Å². The lowest BCUT2D eigenvalue weighted by atomic mass is 9.50. The number of rotatable bonds is 7. The molecule has 36 heavy (non-hydrogen) atoms. The van der Waals surface area contributed by atoms with Crippen LogP contribution in [0.3, 0.4) is 0 Å². The average molecular weight is 504 g/mol. The second-order valence-electron chi connectivity index (χ2n) is 10.0. The number of carbonyl (C=O) groups excluding carboxylic acids is 2. The first-order valence-corrected chi connectivity index (χ1v) is 11.9. The number of ether oxygens (including phenoxy) is 3. The van der Waals surface area contributed by atoms with Crippen LogP contribution < -0.4 is 4.74 Å². The van der Waals surface area contributed by atoms with Crippen LogP contribution in [0.25, 0.3) is 0 Å². The molecule has 5 rings (SSSR count). The third-order valence-corrected chi connectivity index (χ3v) is 8.11. The molecule has 2 bridgehead atoms. The number of piperidine rings is 1. The molecule has 4 N–H and O–H groups in total. The molecule has 4 aliphatic rings. The van der Waals surface area contributed by atoms with E-state index in [1.54, 1.807) is 6.08 Å². The van der Waals surface area contributed by atoms with Crippen molar-refractivity contribution in [2.24, 2.45) is 0 Å². The third-order valence-electron chi connectivity index (χ3n) is 8.11. The van der Waals surface area contributed by atoms with Gasteiger partial charge in [0.05, 0.1) is 24.0 Å². The summed E-state index contributed by atoms with van der Waals surface area (Å²) < 4.78 is 16.9. The van der Waals surface area contributed by atoms with E-state index < -0.39 is 53.7 Å². The summed E-state index contributed by atoms with van der Waals surface area (Å²) in [6.45, 7) is 1.69. The monoisotopic (exact) mass is 503 g/mol. The summed E-state index contributed by atoms with van der Waals surface area (Å²) in [7, 11) is 1.97. The van der Waals surface area contributed by atoms with Gasteiger partial charge in [0, 0.05) is 23.6 Å². The summed E-state index contributed by atoms with van der Waals surface area (Å²) in [5, 5.41) is 40.5. The number of aliphatic hydroxyl groups excluding tert-OH is 2. The Kier molecular flexibility index (Phi) is 5.86. The average Bonchev–Trinajstić information content (AvgIpc) is 3.18. The first-order chi connectivity index (χ1) is 17.0. The fraction of sp³-hybridized carbons (Fsp3) is 0.560. The van der Waals surface area contributed by atoms with Crippen LogP contribution in [0.2, 0.25) is 0 Å². The second kappa shape index (κ2) is 8.55. The maximum absolute atomic E-state index is 12.8. The Hall–Kier alpha value is -2.99. The molecule has 11 nitrogen and oxygen atoms in total. The predicted molar refractivity (Wildman–Crippen MR) is 121 cm³/mol. The van der Waals surface area contributed by atoms with Gasteiger partial charge in [-0.05, 0) is 45.0 Å². The molecular weight excluding hydrogens is 474 g/mol. The van der Waals surface area contributed by atoms with Crippen LogP contribution in [-0.2, 0) is 42.3 Å². The maximum atomic E-state index is 12.8. The minimum absolute atomic E-state index is 0.176. The first-order valence-electron chi connectivity index (χ1n) is 11.9. The molecule has 1 aromatic rings. The summed E-state index contributed by atoms with van der Waals surface area (Å²) >= 11 is 0. The van der Waals surface area contributed by atoms with Crippen LogP contribution in [-0.4, -0.2) is 86.8 Å². The Morgan fingerprint density at radius 3 is 2.72 bits per heavy atom. The van der Waals surface area contributed by atoms with Gasteiger partial charge in [-0.3, -0.25) is 4.79 Å². The van der Waals surface area contributed by atoms with Crippen molar-refractivity contribution in [3.8, 4) is 5.75 Å². The van der Waals surface area contributed by atoms with Crippen LogP contribution in [0.15, 0.2) is 24.0 Å². The van der Waals surface area contributed by atoms with Crippen molar-refractivity contribution in [1.82, 2.24) is 4.90 Å². The maximum Gasteiger partial charge on any atom is 0.352 e. The zero-order chi connectivity index (χ0) is 26.0. The molecule has 1 spiro atoms. The molecule has 0 radical (unpaired) electrons. The van der Waals surface area contributed by atoms with E-state index in [4.69, 9.17) is 19.3 Å². The van der Waals surface area contributed by atoms with Crippen molar-refractivity contribution >= 4 is 17.9 Å². The van der Waals surface area contributed by atoms with Gasteiger partial charge < -0.3 is 39.5 Å². The minimum atomic E-state index is -1.91. The second-order valence-corrected chi connectivity index (χ2v) is 10.0. The Bertz CT molecular complexity index is 1160. The number of carboxylic acids is 1. The predicted octanol–water partition coefficient (Wildman–Crippen LogP) is -0.233. The number of aliphatic hydroxyl groups is 3. The SMILES string of the molecule is C[C@H](OC(=O)[C@@H](O)CC(=O)O)C(=O)OC1=CC[C@@]2(O)[C@H]3Cc4ccc(CO)c5c4[C@@]2(CCN3C)[C@H]1O5. The highest BCUT2D eigenvalue weighted by Gasteiger charge is 2.71. The number of hydrogen-bond acceptors (Lipinski definition) is 10. The number of carboxylic acid groups (broad SMARTS) is 1. The summed E-state index contributed by atoms with van der Waals surface area (Å²) in [6, 6.07) is 3.58. The topological polar surface area (TPSA) is 163 Å². The molecule has 6 atom stereocenters. The summed E-state index contributed by atoms with van der Waals surface area (Å²) in [5.41, 5.74) is 0.376. The van der Waals surface area contributed by atoms with Crippen LogP contribution in [0.4, 0.5) is 0 Å². The molecule has 194 valence electrons. The van der Waals surface area contributed by atoms with E-state index >= 15 is 0 Å². The highest BCUT2D eigenvalue weighted by Crippen LogP contribution is 2.64. The highest BCUT2D eigenvalue weighted by atomic mass is 16.6. The zero-order valence-corrected chi connectivity index (χ0v) is 20.0. The third kappa shape index (κ3) is 3.37. The Morgan fingerprint density at radius 1 is 1.28 bits per heavy atom. The number of likely N-dealkylation sites (tertiary alicyclic amines) is 1. The highest BCUT2D eigenvalue weighted by molar-refractivity contribution is 5.84. The van der Waals surface area contributed by atoms with Gasteiger partial charge in [0.25, 0.3) is 0 Å². The number of benzene rings is 1. The van der Waals surface area contributed by atoms with E-state index in [0.29, 0.717) is 30.7 Å². The molecule has 0 unspecified atom stereocenters. The van der Waals surface area contributed by atoms with Crippen LogP contribution >= 0.6 is 0 Å². The van der Waals surface area contributed by atoms with Gasteiger partial charge >= 0.3 is 17.9 Å². The van der Waals surface area contributed by atoms with E-state index in [0.717, 1.165) is 11.1 Å². The number of carbonyl (C=O) groups is 3. The van der Waals surface area contributed by atoms with Gasteiger partial charge in [-0.15, -0.1) is 0 Å². The molecule has 0 aromatic heterocycles. The molecule has 2 aliphatic heterocycles. The lowest BCUT2D eigenvalue weighted by Crippen LogP contribution is -2.74. The van der Waals surface area contributed by atoms with Crippen molar-refractivity contribution in [3.05, 3.63) is 40.7 Å².